The lowest BCUT2D eigenvalue weighted by Gasteiger charge is -2.11. The number of rotatable bonds is 7. The highest BCUT2D eigenvalue weighted by Gasteiger charge is 2.15. The maximum absolute atomic E-state index is 13.9. The van der Waals surface area contributed by atoms with Crippen molar-refractivity contribution in [3.8, 4) is 0 Å². The zero-order valence-electron chi connectivity index (χ0n) is 14.0. The van der Waals surface area contributed by atoms with Gasteiger partial charge in [-0.15, -0.1) is 0 Å². The fourth-order valence-electron chi connectivity index (χ4n) is 2.40. The molecule has 0 aliphatic carbocycles. The van der Waals surface area contributed by atoms with E-state index in [1.807, 2.05) is 0 Å². The molecule has 0 atom stereocenters. The molecule has 0 amide bonds. The topological polar surface area (TPSA) is 77.5 Å². The second-order valence-electron chi connectivity index (χ2n) is 5.41. The van der Waals surface area contributed by atoms with E-state index in [0.717, 1.165) is 0 Å². The Morgan fingerprint density at radius 3 is 2.88 bits per heavy atom. The van der Waals surface area contributed by atoms with Crippen LogP contribution in [0.2, 0.25) is 0 Å². The minimum Gasteiger partial charge on any atom is -0.463 e. The van der Waals surface area contributed by atoms with E-state index in [-0.39, 0.29) is 24.7 Å². The Morgan fingerprint density at radius 1 is 1.35 bits per heavy atom. The number of benzene rings is 1. The number of imidazole rings is 1. The molecule has 0 aliphatic heterocycles. The van der Waals surface area contributed by atoms with E-state index in [1.165, 1.54) is 24.9 Å². The average molecular weight is 376 g/mol. The van der Waals surface area contributed by atoms with Gasteiger partial charge in [0.05, 0.1) is 37.9 Å². The van der Waals surface area contributed by atoms with Crippen molar-refractivity contribution >= 4 is 17.7 Å². The Labute approximate surface area is 153 Å². The first kappa shape index (κ1) is 18.2. The molecule has 1 aromatic carbocycles. The van der Waals surface area contributed by atoms with Gasteiger partial charge in [-0.05, 0) is 18.2 Å². The lowest BCUT2D eigenvalue weighted by Crippen LogP contribution is -2.07. The van der Waals surface area contributed by atoms with Gasteiger partial charge in [-0.1, -0.05) is 30.0 Å². The molecule has 3 rings (SSSR count). The number of aliphatic hydroxyl groups excluding tert-OH is 1. The summed E-state index contributed by atoms with van der Waals surface area (Å²) in [6.45, 7) is 0.0612. The number of carbonyl (C=O) groups is 1. The van der Waals surface area contributed by atoms with Crippen LogP contribution in [0.15, 0.2) is 52.2 Å². The fraction of sp³-hybridized carbons (Fsp3) is 0.222. The van der Waals surface area contributed by atoms with Crippen molar-refractivity contribution in [3.05, 3.63) is 71.2 Å². The summed E-state index contributed by atoms with van der Waals surface area (Å²) in [4.78, 5) is 15.7. The highest BCUT2D eigenvalue weighted by molar-refractivity contribution is 7.98. The van der Waals surface area contributed by atoms with Crippen LogP contribution < -0.4 is 0 Å². The van der Waals surface area contributed by atoms with Gasteiger partial charge >= 0.3 is 5.97 Å². The summed E-state index contributed by atoms with van der Waals surface area (Å²) >= 11 is 1.37. The molecule has 3 aromatic rings. The normalized spacial score (nSPS) is 10.9. The molecule has 0 saturated heterocycles. The molecular weight excluding hydrogens is 359 g/mol. The first-order valence-electron chi connectivity index (χ1n) is 7.81. The van der Waals surface area contributed by atoms with Crippen molar-refractivity contribution in [2.75, 3.05) is 7.11 Å². The molecule has 2 heterocycles. The van der Waals surface area contributed by atoms with Crippen LogP contribution in [-0.4, -0.2) is 27.7 Å². The van der Waals surface area contributed by atoms with Crippen molar-refractivity contribution < 1.29 is 23.4 Å². The lowest BCUT2D eigenvalue weighted by molar-refractivity contribution is 0.0563. The quantitative estimate of drug-likeness (QED) is 0.504. The molecule has 136 valence electrons. The zero-order valence-corrected chi connectivity index (χ0v) is 14.8. The predicted molar refractivity (Wildman–Crippen MR) is 93.3 cm³/mol. The first-order valence-corrected chi connectivity index (χ1v) is 8.79. The van der Waals surface area contributed by atoms with Crippen LogP contribution in [-0.2, 0) is 23.6 Å². The number of esters is 1. The predicted octanol–water partition coefficient (Wildman–Crippen LogP) is 3.23. The van der Waals surface area contributed by atoms with Gasteiger partial charge < -0.3 is 18.8 Å². The van der Waals surface area contributed by atoms with Crippen molar-refractivity contribution in [2.24, 2.45) is 0 Å². The summed E-state index contributed by atoms with van der Waals surface area (Å²) < 4.78 is 25.7. The van der Waals surface area contributed by atoms with Gasteiger partial charge in [-0.25, -0.2) is 14.2 Å². The first-order chi connectivity index (χ1) is 12.6. The van der Waals surface area contributed by atoms with Crippen LogP contribution in [0.25, 0.3) is 0 Å². The molecule has 0 aliphatic rings. The molecule has 0 saturated carbocycles. The van der Waals surface area contributed by atoms with Gasteiger partial charge in [-0.2, -0.15) is 0 Å². The van der Waals surface area contributed by atoms with E-state index < -0.39 is 5.97 Å². The lowest BCUT2D eigenvalue weighted by atomic mass is 10.2. The van der Waals surface area contributed by atoms with E-state index in [0.29, 0.717) is 27.9 Å². The maximum Gasteiger partial charge on any atom is 0.373 e. The van der Waals surface area contributed by atoms with Gasteiger partial charge in [-0.3, -0.25) is 0 Å². The Kier molecular flexibility index (Phi) is 5.75. The SMILES string of the molecule is COC(=O)c1ccc(CSc2ncc(CO)n2Cc2ccccc2F)o1. The number of hydrogen-bond acceptors (Lipinski definition) is 6. The second kappa shape index (κ2) is 8.20. The maximum atomic E-state index is 13.9. The van der Waals surface area contributed by atoms with Crippen LogP contribution >= 0.6 is 11.8 Å². The molecule has 0 spiro atoms. The monoisotopic (exact) mass is 376 g/mol. The largest absolute Gasteiger partial charge is 0.463 e. The van der Waals surface area contributed by atoms with Crippen molar-refractivity contribution in [2.45, 2.75) is 24.1 Å². The van der Waals surface area contributed by atoms with Crippen molar-refractivity contribution in [1.82, 2.24) is 9.55 Å². The van der Waals surface area contributed by atoms with Gasteiger partial charge in [0.1, 0.15) is 11.6 Å². The third-order valence-corrected chi connectivity index (χ3v) is 4.75. The molecule has 0 radical (unpaired) electrons. The number of methoxy groups -OCH3 is 1. The number of furan rings is 1. The number of halogens is 1. The molecule has 1 N–H and O–H groups in total. The van der Waals surface area contributed by atoms with E-state index in [9.17, 15) is 14.3 Å². The summed E-state index contributed by atoms with van der Waals surface area (Å²) in [6, 6.07) is 9.72. The standard InChI is InChI=1S/C18H17FN2O4S/c1-24-17(23)16-7-6-14(25-16)11-26-18-20-8-13(10-22)21(18)9-12-4-2-3-5-15(12)19/h2-8,22H,9-11H2,1H3. The summed E-state index contributed by atoms with van der Waals surface area (Å²) in [6.07, 6.45) is 1.56. The van der Waals surface area contributed by atoms with Crippen LogP contribution in [0, 0.1) is 5.82 Å². The van der Waals surface area contributed by atoms with E-state index in [1.54, 1.807) is 41.1 Å². The second-order valence-corrected chi connectivity index (χ2v) is 6.36. The molecule has 0 unspecified atom stereocenters. The third kappa shape index (κ3) is 3.97. The van der Waals surface area contributed by atoms with Crippen molar-refractivity contribution in [1.29, 1.82) is 0 Å². The molecule has 0 fully saturated rings. The summed E-state index contributed by atoms with van der Waals surface area (Å²) in [5.74, 6) is 0.297. The molecule has 8 heteroatoms. The minimum atomic E-state index is -0.537. The van der Waals surface area contributed by atoms with Crippen LogP contribution in [0.3, 0.4) is 0 Å². The minimum absolute atomic E-state index is 0.133. The highest BCUT2D eigenvalue weighted by atomic mass is 32.2. The Balaban J connectivity index is 1.76. The Bertz CT molecular complexity index is 906. The van der Waals surface area contributed by atoms with Crippen LogP contribution in [0.1, 0.15) is 27.6 Å². The summed E-state index contributed by atoms with van der Waals surface area (Å²) in [5, 5.41) is 10.1. The molecule has 6 nitrogen and oxygen atoms in total. The smallest absolute Gasteiger partial charge is 0.373 e. The number of hydrogen-bond donors (Lipinski definition) is 1. The number of carbonyl (C=O) groups excluding carboxylic acids is 1. The number of ether oxygens (including phenoxy) is 1. The molecular formula is C18H17FN2O4S. The fourth-order valence-corrected chi connectivity index (χ4v) is 3.29. The third-order valence-electron chi connectivity index (χ3n) is 3.74. The van der Waals surface area contributed by atoms with Crippen LogP contribution in [0.4, 0.5) is 4.39 Å². The van der Waals surface area contributed by atoms with E-state index in [2.05, 4.69) is 9.72 Å². The molecule has 0 bridgehead atoms. The van der Waals surface area contributed by atoms with Gasteiger partial charge in [0, 0.05) is 5.56 Å². The molecule has 2 aromatic heterocycles. The number of aliphatic hydroxyl groups is 1. The zero-order chi connectivity index (χ0) is 18.5. The molecule has 26 heavy (non-hydrogen) atoms. The van der Waals surface area contributed by atoms with E-state index in [4.69, 9.17) is 4.42 Å². The Hall–Kier alpha value is -2.58. The van der Waals surface area contributed by atoms with Crippen LogP contribution in [0.5, 0.6) is 0 Å². The summed E-state index contributed by atoms with van der Waals surface area (Å²) in [7, 11) is 1.29. The summed E-state index contributed by atoms with van der Waals surface area (Å²) in [5.41, 5.74) is 1.10. The highest BCUT2D eigenvalue weighted by Crippen LogP contribution is 2.25. The van der Waals surface area contributed by atoms with Gasteiger partial charge in [0.15, 0.2) is 5.16 Å². The number of thioether (sulfide) groups is 1. The Morgan fingerprint density at radius 2 is 2.15 bits per heavy atom. The van der Waals surface area contributed by atoms with E-state index >= 15 is 0 Å². The van der Waals surface area contributed by atoms with Gasteiger partial charge in [0.25, 0.3) is 0 Å². The average Bonchev–Trinajstić information content (AvgIpc) is 3.28. The number of nitrogens with zero attached hydrogens (tertiary/aromatic N) is 2. The van der Waals surface area contributed by atoms with Crippen molar-refractivity contribution in [3.63, 3.8) is 0 Å². The van der Waals surface area contributed by atoms with Gasteiger partial charge in [0.2, 0.25) is 5.76 Å². The number of aromatic nitrogens is 2.